The molecule has 1 N–H and O–H groups in total. The molecule has 0 bridgehead atoms. The van der Waals surface area contributed by atoms with Crippen molar-refractivity contribution >= 4 is 33.5 Å². The second kappa shape index (κ2) is 7.09. The number of nitrogens with one attached hydrogen (secondary N) is 1. The van der Waals surface area contributed by atoms with Crippen LogP contribution in [0.25, 0.3) is 0 Å². The molecule has 5 nitrogen and oxygen atoms in total. The van der Waals surface area contributed by atoms with E-state index in [4.69, 9.17) is 9.47 Å². The van der Waals surface area contributed by atoms with Gasteiger partial charge in [0.25, 0.3) is 0 Å². The standard InChI is InChI=1S/C16H14BrNO4/c1-10(19)18-11-3-5-12(6-4-11)22-16(20)14-9-13(21-2)7-8-15(14)17/h3-9H,1-2H3,(H,18,19). The second-order valence-electron chi connectivity index (χ2n) is 4.44. The molecule has 0 fully saturated rings. The lowest BCUT2D eigenvalue weighted by Gasteiger charge is -2.08. The highest BCUT2D eigenvalue weighted by molar-refractivity contribution is 9.10. The van der Waals surface area contributed by atoms with E-state index in [1.54, 1.807) is 42.5 Å². The van der Waals surface area contributed by atoms with Crippen LogP contribution in [0.3, 0.4) is 0 Å². The maximum Gasteiger partial charge on any atom is 0.344 e. The SMILES string of the molecule is COc1ccc(Br)c(C(=O)Oc2ccc(NC(C)=O)cc2)c1. The lowest BCUT2D eigenvalue weighted by Crippen LogP contribution is -2.10. The Hall–Kier alpha value is -2.34. The number of carbonyl (C=O) groups is 2. The van der Waals surface area contributed by atoms with Gasteiger partial charge in [-0.1, -0.05) is 0 Å². The first-order valence-electron chi connectivity index (χ1n) is 6.43. The van der Waals surface area contributed by atoms with Crippen molar-refractivity contribution in [3.63, 3.8) is 0 Å². The molecule has 0 spiro atoms. The van der Waals surface area contributed by atoms with E-state index in [-0.39, 0.29) is 5.91 Å². The largest absolute Gasteiger partial charge is 0.497 e. The van der Waals surface area contributed by atoms with Crippen molar-refractivity contribution < 1.29 is 19.1 Å². The van der Waals surface area contributed by atoms with E-state index in [0.717, 1.165) is 0 Å². The number of ether oxygens (including phenoxy) is 2. The third kappa shape index (κ3) is 4.08. The summed E-state index contributed by atoms with van der Waals surface area (Å²) in [4.78, 5) is 23.1. The molecule has 0 saturated heterocycles. The number of rotatable bonds is 4. The van der Waals surface area contributed by atoms with Crippen LogP contribution in [-0.2, 0) is 4.79 Å². The van der Waals surface area contributed by atoms with Crippen LogP contribution in [-0.4, -0.2) is 19.0 Å². The Morgan fingerprint density at radius 1 is 1.05 bits per heavy atom. The predicted molar refractivity (Wildman–Crippen MR) is 86.4 cm³/mol. The van der Waals surface area contributed by atoms with Gasteiger partial charge in [-0.2, -0.15) is 0 Å². The second-order valence-corrected chi connectivity index (χ2v) is 5.30. The van der Waals surface area contributed by atoms with Crippen molar-refractivity contribution in [3.05, 3.63) is 52.5 Å². The maximum atomic E-state index is 12.2. The Bertz CT molecular complexity index is 698. The van der Waals surface area contributed by atoms with Crippen molar-refractivity contribution in [2.45, 2.75) is 6.92 Å². The van der Waals surface area contributed by atoms with Gasteiger partial charge in [0.15, 0.2) is 0 Å². The Morgan fingerprint density at radius 3 is 2.27 bits per heavy atom. The number of benzene rings is 2. The summed E-state index contributed by atoms with van der Waals surface area (Å²) in [5.74, 6) is 0.285. The average molecular weight is 364 g/mol. The van der Waals surface area contributed by atoms with Crippen LogP contribution in [0.15, 0.2) is 46.9 Å². The summed E-state index contributed by atoms with van der Waals surface area (Å²) >= 11 is 3.31. The quantitative estimate of drug-likeness (QED) is 0.665. The molecule has 2 aromatic rings. The molecule has 0 aliphatic carbocycles. The van der Waals surface area contributed by atoms with Crippen LogP contribution >= 0.6 is 15.9 Å². The first kappa shape index (κ1) is 16.0. The summed E-state index contributed by atoms with van der Waals surface area (Å²) in [5, 5.41) is 2.64. The molecular formula is C16H14BrNO4. The van der Waals surface area contributed by atoms with Gasteiger partial charge in [-0.05, 0) is 58.4 Å². The predicted octanol–water partition coefficient (Wildman–Crippen LogP) is 3.64. The van der Waals surface area contributed by atoms with Crippen molar-refractivity contribution in [1.82, 2.24) is 0 Å². The average Bonchev–Trinajstić information content (AvgIpc) is 2.49. The first-order chi connectivity index (χ1) is 10.5. The van der Waals surface area contributed by atoms with E-state index < -0.39 is 5.97 Å². The number of anilines is 1. The van der Waals surface area contributed by atoms with Crippen molar-refractivity contribution in [2.75, 3.05) is 12.4 Å². The van der Waals surface area contributed by atoms with Crippen LogP contribution in [0.5, 0.6) is 11.5 Å². The van der Waals surface area contributed by atoms with Crippen molar-refractivity contribution in [3.8, 4) is 11.5 Å². The molecule has 0 aliphatic rings. The minimum Gasteiger partial charge on any atom is -0.497 e. The highest BCUT2D eigenvalue weighted by Gasteiger charge is 2.14. The normalized spacial score (nSPS) is 9.95. The van der Waals surface area contributed by atoms with Crippen LogP contribution < -0.4 is 14.8 Å². The van der Waals surface area contributed by atoms with Crippen LogP contribution in [0, 0.1) is 0 Å². The van der Waals surface area contributed by atoms with E-state index in [2.05, 4.69) is 21.2 Å². The fourth-order valence-electron chi connectivity index (χ4n) is 1.76. The first-order valence-corrected chi connectivity index (χ1v) is 7.22. The minimum atomic E-state index is -0.502. The lowest BCUT2D eigenvalue weighted by atomic mass is 10.2. The summed E-state index contributed by atoms with van der Waals surface area (Å²) in [6.07, 6.45) is 0. The Morgan fingerprint density at radius 2 is 1.68 bits per heavy atom. The topological polar surface area (TPSA) is 64.6 Å². The zero-order valence-electron chi connectivity index (χ0n) is 12.1. The molecule has 6 heteroatoms. The molecule has 2 rings (SSSR count). The summed E-state index contributed by atoms with van der Waals surface area (Å²) < 4.78 is 11.0. The minimum absolute atomic E-state index is 0.162. The van der Waals surface area contributed by atoms with E-state index >= 15 is 0 Å². The highest BCUT2D eigenvalue weighted by Crippen LogP contribution is 2.24. The summed E-state index contributed by atoms with van der Waals surface area (Å²) in [5.41, 5.74) is 1.00. The van der Waals surface area contributed by atoms with Gasteiger partial charge >= 0.3 is 5.97 Å². The van der Waals surface area contributed by atoms with Crippen molar-refractivity contribution in [2.24, 2.45) is 0 Å². The monoisotopic (exact) mass is 363 g/mol. The number of hydrogen-bond acceptors (Lipinski definition) is 4. The van der Waals surface area contributed by atoms with Gasteiger partial charge in [0, 0.05) is 17.1 Å². The Kier molecular flexibility index (Phi) is 5.16. The molecule has 22 heavy (non-hydrogen) atoms. The Labute approximate surface area is 136 Å². The molecule has 0 radical (unpaired) electrons. The van der Waals surface area contributed by atoms with Gasteiger partial charge in [-0.3, -0.25) is 4.79 Å². The third-order valence-corrected chi connectivity index (χ3v) is 3.47. The Balaban J connectivity index is 2.13. The van der Waals surface area contributed by atoms with Gasteiger partial charge in [0.05, 0.1) is 12.7 Å². The lowest BCUT2D eigenvalue weighted by molar-refractivity contribution is -0.114. The number of amides is 1. The molecule has 0 aliphatic heterocycles. The van der Waals surface area contributed by atoms with Crippen LogP contribution in [0.2, 0.25) is 0 Å². The number of carbonyl (C=O) groups excluding carboxylic acids is 2. The summed E-state index contributed by atoms with van der Waals surface area (Å²) in [6, 6.07) is 11.6. The molecule has 0 heterocycles. The van der Waals surface area contributed by atoms with Gasteiger partial charge < -0.3 is 14.8 Å². The van der Waals surface area contributed by atoms with E-state index in [9.17, 15) is 9.59 Å². The van der Waals surface area contributed by atoms with E-state index in [1.165, 1.54) is 14.0 Å². The number of methoxy groups -OCH3 is 1. The van der Waals surface area contributed by atoms with Gasteiger partial charge in [0.1, 0.15) is 11.5 Å². The van der Waals surface area contributed by atoms with Crippen LogP contribution in [0.1, 0.15) is 17.3 Å². The fourth-order valence-corrected chi connectivity index (χ4v) is 2.17. The third-order valence-electron chi connectivity index (χ3n) is 2.78. The number of hydrogen-bond donors (Lipinski definition) is 1. The molecule has 0 saturated carbocycles. The smallest absolute Gasteiger partial charge is 0.344 e. The van der Waals surface area contributed by atoms with Gasteiger partial charge in [-0.15, -0.1) is 0 Å². The van der Waals surface area contributed by atoms with Crippen LogP contribution in [0.4, 0.5) is 5.69 Å². The molecule has 114 valence electrons. The molecule has 2 aromatic carbocycles. The molecule has 0 unspecified atom stereocenters. The van der Waals surface area contributed by atoms with E-state index in [0.29, 0.717) is 27.2 Å². The highest BCUT2D eigenvalue weighted by atomic mass is 79.9. The zero-order chi connectivity index (χ0) is 16.1. The van der Waals surface area contributed by atoms with Gasteiger partial charge in [-0.25, -0.2) is 4.79 Å². The zero-order valence-corrected chi connectivity index (χ0v) is 13.6. The molecule has 0 atom stereocenters. The maximum absolute atomic E-state index is 12.2. The van der Waals surface area contributed by atoms with Crippen molar-refractivity contribution in [1.29, 1.82) is 0 Å². The number of esters is 1. The molecule has 0 aromatic heterocycles. The summed E-state index contributed by atoms with van der Waals surface area (Å²) in [6.45, 7) is 1.42. The van der Waals surface area contributed by atoms with E-state index in [1.807, 2.05) is 0 Å². The van der Waals surface area contributed by atoms with Gasteiger partial charge in [0.2, 0.25) is 5.91 Å². The molecule has 1 amide bonds. The molecular weight excluding hydrogens is 350 g/mol. The fraction of sp³-hybridized carbons (Fsp3) is 0.125. The number of halogens is 1. The summed E-state index contributed by atoms with van der Waals surface area (Å²) in [7, 11) is 1.53.